The average molecular weight is 114 g/mol. The van der Waals surface area contributed by atoms with Gasteiger partial charge in [0.2, 0.25) is 0 Å². The molecule has 0 aromatic heterocycles. The van der Waals surface area contributed by atoms with Crippen LogP contribution in [0.3, 0.4) is 0 Å². The second kappa shape index (κ2) is 4.14. The zero-order valence-electron chi connectivity index (χ0n) is 4.81. The lowest BCUT2D eigenvalue weighted by Crippen LogP contribution is -2.33. The number of hydrazone groups is 1. The maximum Gasteiger partial charge on any atom is 0.159 e. The molecule has 0 saturated heterocycles. The molecule has 46 valence electrons. The van der Waals surface area contributed by atoms with Gasteiger partial charge in [0, 0.05) is 7.05 Å². The van der Waals surface area contributed by atoms with Gasteiger partial charge in [-0.2, -0.15) is 5.10 Å². The maximum absolute atomic E-state index is 4.88. The van der Waals surface area contributed by atoms with Crippen molar-refractivity contribution in [2.75, 3.05) is 7.05 Å². The van der Waals surface area contributed by atoms with Crippen molar-refractivity contribution in [1.29, 1.82) is 0 Å². The minimum Gasteiger partial charge on any atom is -0.321 e. The van der Waals surface area contributed by atoms with Crippen LogP contribution in [0, 0.1) is 0 Å². The van der Waals surface area contributed by atoms with Crippen molar-refractivity contribution in [3.05, 3.63) is 12.7 Å². The molecular formula is C4H10N4. The Morgan fingerprint density at radius 2 is 2.50 bits per heavy atom. The zero-order chi connectivity index (χ0) is 6.41. The van der Waals surface area contributed by atoms with Gasteiger partial charge >= 0.3 is 0 Å². The van der Waals surface area contributed by atoms with Gasteiger partial charge in [0.15, 0.2) is 5.84 Å². The third-order valence-electron chi connectivity index (χ3n) is 0.586. The number of nitrogens with one attached hydrogen (secondary N) is 2. The minimum absolute atomic E-state index is 0.521. The van der Waals surface area contributed by atoms with Gasteiger partial charge < -0.3 is 11.3 Å². The fourth-order valence-electron chi connectivity index (χ4n) is 0.264. The molecule has 0 atom stereocenters. The minimum atomic E-state index is 0.521. The van der Waals surface area contributed by atoms with E-state index in [-0.39, 0.29) is 0 Å². The summed E-state index contributed by atoms with van der Waals surface area (Å²) in [6.07, 6.45) is 1.51. The number of nitrogens with zero attached hydrogens (tertiary/aromatic N) is 1. The Balaban J connectivity index is 3.54. The lowest BCUT2D eigenvalue weighted by molar-refractivity contribution is 0.767. The molecule has 0 heterocycles. The number of rotatable bonds is 2. The predicted octanol–water partition coefficient (Wildman–Crippen LogP) is -0.831. The molecule has 0 aromatic rings. The van der Waals surface area contributed by atoms with Gasteiger partial charge in [-0.25, -0.2) is 5.43 Å². The van der Waals surface area contributed by atoms with Gasteiger partial charge in [-0.05, 0) is 6.08 Å². The Morgan fingerprint density at radius 1 is 1.88 bits per heavy atom. The van der Waals surface area contributed by atoms with E-state index in [1.54, 1.807) is 7.05 Å². The lowest BCUT2D eigenvalue weighted by atomic mass is 10.6. The molecule has 0 amide bonds. The van der Waals surface area contributed by atoms with Crippen LogP contribution in [0.25, 0.3) is 0 Å². The highest BCUT2D eigenvalue weighted by Gasteiger charge is 1.82. The van der Waals surface area contributed by atoms with Crippen molar-refractivity contribution in [3.8, 4) is 0 Å². The van der Waals surface area contributed by atoms with Crippen LogP contribution < -0.4 is 16.7 Å². The van der Waals surface area contributed by atoms with E-state index in [9.17, 15) is 0 Å². The first kappa shape index (κ1) is 6.97. The number of amidine groups is 1. The van der Waals surface area contributed by atoms with Gasteiger partial charge in [0.1, 0.15) is 0 Å². The van der Waals surface area contributed by atoms with Crippen LogP contribution in [-0.2, 0) is 0 Å². The Morgan fingerprint density at radius 3 is 2.62 bits per heavy atom. The number of hydrogen-bond donors (Lipinski definition) is 3. The van der Waals surface area contributed by atoms with E-state index in [4.69, 9.17) is 5.84 Å². The van der Waals surface area contributed by atoms with E-state index < -0.39 is 0 Å². The van der Waals surface area contributed by atoms with Crippen LogP contribution in [0.5, 0.6) is 0 Å². The Kier molecular flexibility index (Phi) is 3.60. The summed E-state index contributed by atoms with van der Waals surface area (Å²) in [7, 11) is 1.72. The molecule has 0 aliphatic rings. The molecule has 0 bridgehead atoms. The number of hydrogen-bond acceptors (Lipinski definition) is 3. The topological polar surface area (TPSA) is 62.4 Å². The molecule has 0 spiro atoms. The highest BCUT2D eigenvalue weighted by atomic mass is 15.4. The van der Waals surface area contributed by atoms with Crippen molar-refractivity contribution in [1.82, 2.24) is 10.9 Å². The van der Waals surface area contributed by atoms with E-state index in [0.29, 0.717) is 5.84 Å². The first-order valence-electron chi connectivity index (χ1n) is 2.18. The monoisotopic (exact) mass is 114 g/mol. The standard InChI is InChI=1S/C4H10N4/c1-3-4(7-5)8-6-2/h3,6H,1,5H2,2H3,(H,7,8). The van der Waals surface area contributed by atoms with E-state index in [1.165, 1.54) is 6.08 Å². The van der Waals surface area contributed by atoms with E-state index in [0.717, 1.165) is 0 Å². The average Bonchev–Trinajstić information content (AvgIpc) is 1.83. The molecule has 0 saturated carbocycles. The van der Waals surface area contributed by atoms with Crippen molar-refractivity contribution in [3.63, 3.8) is 0 Å². The van der Waals surface area contributed by atoms with Crippen molar-refractivity contribution < 1.29 is 0 Å². The Hall–Kier alpha value is -1.03. The van der Waals surface area contributed by atoms with E-state index in [2.05, 4.69) is 22.5 Å². The summed E-state index contributed by atoms with van der Waals surface area (Å²) in [5, 5.41) is 3.32. The van der Waals surface area contributed by atoms with Gasteiger partial charge in [-0.15, -0.1) is 0 Å². The first-order chi connectivity index (χ1) is 3.85. The van der Waals surface area contributed by atoms with Crippen molar-refractivity contribution in [2.24, 2.45) is 10.9 Å². The van der Waals surface area contributed by atoms with Gasteiger partial charge in [-0.1, -0.05) is 6.58 Å². The second-order valence-electron chi connectivity index (χ2n) is 1.09. The van der Waals surface area contributed by atoms with Crippen molar-refractivity contribution in [2.45, 2.75) is 0 Å². The third kappa shape index (κ3) is 2.20. The largest absolute Gasteiger partial charge is 0.321 e. The molecular weight excluding hydrogens is 104 g/mol. The molecule has 0 unspecified atom stereocenters. The second-order valence-corrected chi connectivity index (χ2v) is 1.09. The van der Waals surface area contributed by atoms with Crippen LogP contribution in [0.15, 0.2) is 17.8 Å². The summed E-state index contributed by atoms with van der Waals surface area (Å²) in [5.41, 5.74) is 5.28. The summed E-state index contributed by atoms with van der Waals surface area (Å²) in [6.45, 7) is 3.44. The summed E-state index contributed by atoms with van der Waals surface area (Å²) >= 11 is 0. The zero-order valence-corrected chi connectivity index (χ0v) is 4.81. The number of nitrogens with two attached hydrogens (primary N) is 1. The fraction of sp³-hybridized carbons (Fsp3) is 0.250. The molecule has 8 heavy (non-hydrogen) atoms. The highest BCUT2D eigenvalue weighted by Crippen LogP contribution is 1.63. The summed E-state index contributed by atoms with van der Waals surface area (Å²) in [6, 6.07) is 0. The first-order valence-corrected chi connectivity index (χ1v) is 2.18. The summed E-state index contributed by atoms with van der Waals surface area (Å²) < 4.78 is 0. The van der Waals surface area contributed by atoms with Crippen LogP contribution in [0.2, 0.25) is 0 Å². The maximum atomic E-state index is 4.88. The SMILES string of the molecule is C=CC(=NN)NNC. The molecule has 4 N–H and O–H groups in total. The van der Waals surface area contributed by atoms with Crippen LogP contribution in [-0.4, -0.2) is 12.9 Å². The van der Waals surface area contributed by atoms with Crippen molar-refractivity contribution >= 4 is 5.84 Å². The smallest absolute Gasteiger partial charge is 0.159 e. The van der Waals surface area contributed by atoms with Gasteiger partial charge in [0.25, 0.3) is 0 Å². The van der Waals surface area contributed by atoms with Crippen LogP contribution in [0.1, 0.15) is 0 Å². The normalized spacial score (nSPS) is 10.9. The summed E-state index contributed by atoms with van der Waals surface area (Å²) in [5.74, 6) is 5.40. The molecule has 0 radical (unpaired) electrons. The third-order valence-corrected chi connectivity index (χ3v) is 0.586. The molecule has 0 fully saturated rings. The highest BCUT2D eigenvalue weighted by molar-refractivity contribution is 5.91. The van der Waals surface area contributed by atoms with E-state index in [1.807, 2.05) is 0 Å². The predicted molar refractivity (Wildman–Crippen MR) is 34.0 cm³/mol. The molecule has 0 aliphatic heterocycles. The van der Waals surface area contributed by atoms with Crippen LogP contribution >= 0.6 is 0 Å². The summed E-state index contributed by atoms with van der Waals surface area (Å²) in [4.78, 5) is 0. The quantitative estimate of drug-likeness (QED) is 0.190. The molecule has 0 rings (SSSR count). The molecule has 4 heteroatoms. The molecule has 0 aliphatic carbocycles. The number of hydrazine groups is 1. The molecule has 4 nitrogen and oxygen atoms in total. The van der Waals surface area contributed by atoms with Crippen LogP contribution in [0.4, 0.5) is 0 Å². The molecule has 0 aromatic carbocycles. The Bertz CT molecular complexity index is 96.2. The Labute approximate surface area is 48.4 Å². The lowest BCUT2D eigenvalue weighted by Gasteiger charge is -1.98. The fourth-order valence-corrected chi connectivity index (χ4v) is 0.264. The van der Waals surface area contributed by atoms with Gasteiger partial charge in [0.05, 0.1) is 0 Å². The van der Waals surface area contributed by atoms with Gasteiger partial charge in [-0.3, -0.25) is 0 Å². The van der Waals surface area contributed by atoms with E-state index >= 15 is 0 Å².